The van der Waals surface area contributed by atoms with Crippen molar-refractivity contribution in [1.29, 1.82) is 0 Å². The molecule has 0 saturated carbocycles. The molecule has 1 unspecified atom stereocenters. The zero-order valence-corrected chi connectivity index (χ0v) is 11.0. The van der Waals surface area contributed by atoms with Gasteiger partial charge in [-0.15, -0.1) is 0 Å². The zero-order valence-electron chi connectivity index (χ0n) is 11.0. The van der Waals surface area contributed by atoms with E-state index in [1.54, 1.807) is 7.11 Å². The van der Waals surface area contributed by atoms with Gasteiger partial charge in [0.2, 0.25) is 0 Å². The first-order chi connectivity index (χ1) is 8.90. The monoisotopic (exact) mass is 243 g/mol. The molecule has 2 aliphatic rings. The molecule has 0 bridgehead atoms. The number of benzene rings is 1. The Morgan fingerprint density at radius 1 is 1.33 bits per heavy atom. The molecule has 3 rings (SSSR count). The van der Waals surface area contributed by atoms with Crippen LogP contribution < -0.4 is 15.8 Å². The highest BCUT2D eigenvalue weighted by molar-refractivity contribution is 5.49. The fraction of sp³-hybridized carbons (Fsp3) is 0.500. The zero-order chi connectivity index (χ0) is 12.4. The summed E-state index contributed by atoms with van der Waals surface area (Å²) in [6.45, 7) is 2.27. The van der Waals surface area contributed by atoms with E-state index in [0.717, 1.165) is 19.4 Å². The van der Waals surface area contributed by atoms with Crippen LogP contribution in [-0.2, 0) is 4.74 Å². The van der Waals surface area contributed by atoms with E-state index < -0.39 is 0 Å². The minimum atomic E-state index is 0.644. The molecule has 1 aliphatic heterocycles. The summed E-state index contributed by atoms with van der Waals surface area (Å²) < 4.78 is 5.63. The minimum Gasteiger partial charge on any atom is -0.500 e. The quantitative estimate of drug-likeness (QED) is 0.849. The van der Waals surface area contributed by atoms with Gasteiger partial charge in [-0.05, 0) is 42.5 Å². The molecule has 1 saturated heterocycles. The number of rotatable bonds is 2. The van der Waals surface area contributed by atoms with E-state index in [4.69, 9.17) is 4.74 Å². The molecule has 1 aromatic rings. The highest BCUT2D eigenvalue weighted by Gasteiger charge is 2.18. The lowest BCUT2D eigenvalue weighted by Crippen LogP contribution is -2.38. The Morgan fingerprint density at radius 3 is 3.06 bits per heavy atom. The highest BCUT2D eigenvalue weighted by atomic mass is 16.5. The molecule has 18 heavy (non-hydrogen) atoms. The molecule has 2 heteroatoms. The molecular weight excluding hydrogens is 222 g/mol. The average Bonchev–Trinajstić information content (AvgIpc) is 2.47. The molecule has 0 aromatic heterocycles. The number of ether oxygens (including phenoxy) is 1. The molecule has 1 aromatic carbocycles. The molecule has 1 atom stereocenters. The summed E-state index contributed by atoms with van der Waals surface area (Å²) >= 11 is 0. The molecular formula is C16H21NO. The van der Waals surface area contributed by atoms with Crippen molar-refractivity contribution in [3.63, 3.8) is 0 Å². The van der Waals surface area contributed by atoms with Crippen LogP contribution in [0, 0.1) is 0 Å². The number of hydrogen-bond acceptors (Lipinski definition) is 2. The Morgan fingerprint density at radius 2 is 2.28 bits per heavy atom. The first kappa shape index (κ1) is 11.8. The van der Waals surface area contributed by atoms with E-state index in [2.05, 4.69) is 29.6 Å². The maximum atomic E-state index is 5.63. The third-order valence-corrected chi connectivity index (χ3v) is 4.13. The van der Waals surface area contributed by atoms with Gasteiger partial charge in [-0.1, -0.05) is 24.3 Å². The summed E-state index contributed by atoms with van der Waals surface area (Å²) in [5.41, 5.74) is 1.48. The van der Waals surface area contributed by atoms with E-state index in [1.807, 2.05) is 0 Å². The second-order valence-corrected chi connectivity index (χ2v) is 5.22. The average molecular weight is 243 g/mol. The van der Waals surface area contributed by atoms with Gasteiger partial charge in [0.05, 0.1) is 7.11 Å². The number of methoxy groups -OCH3 is 1. The van der Waals surface area contributed by atoms with Crippen molar-refractivity contribution in [1.82, 2.24) is 5.32 Å². The van der Waals surface area contributed by atoms with Gasteiger partial charge in [-0.2, -0.15) is 0 Å². The largest absolute Gasteiger partial charge is 0.500 e. The van der Waals surface area contributed by atoms with Crippen LogP contribution in [0.4, 0.5) is 0 Å². The molecule has 1 aliphatic carbocycles. The van der Waals surface area contributed by atoms with E-state index in [9.17, 15) is 0 Å². The normalized spacial score (nSPS) is 23.2. The predicted molar refractivity (Wildman–Crippen MR) is 74.7 cm³/mol. The highest BCUT2D eigenvalue weighted by Crippen LogP contribution is 2.21. The SMILES string of the molecule is COC1=c2c(C3CCCNC3)cccc2=CCC1. The van der Waals surface area contributed by atoms with E-state index in [0.29, 0.717) is 5.92 Å². The number of hydrogen-bond donors (Lipinski definition) is 1. The van der Waals surface area contributed by atoms with Crippen molar-refractivity contribution < 1.29 is 4.74 Å². The van der Waals surface area contributed by atoms with Crippen molar-refractivity contribution in [2.45, 2.75) is 31.6 Å². The molecule has 1 fully saturated rings. The first-order valence-corrected chi connectivity index (χ1v) is 6.97. The topological polar surface area (TPSA) is 21.3 Å². The van der Waals surface area contributed by atoms with Crippen molar-refractivity contribution in [3.8, 4) is 0 Å². The predicted octanol–water partition coefficient (Wildman–Crippen LogP) is 1.48. The van der Waals surface area contributed by atoms with Crippen molar-refractivity contribution in [2.75, 3.05) is 20.2 Å². The summed E-state index contributed by atoms with van der Waals surface area (Å²) in [7, 11) is 1.81. The molecule has 96 valence electrons. The lowest BCUT2D eigenvalue weighted by Gasteiger charge is -2.25. The second kappa shape index (κ2) is 5.15. The lowest BCUT2D eigenvalue weighted by atomic mass is 9.88. The van der Waals surface area contributed by atoms with Gasteiger partial charge in [0.15, 0.2) is 0 Å². The second-order valence-electron chi connectivity index (χ2n) is 5.22. The van der Waals surface area contributed by atoms with Gasteiger partial charge in [-0.25, -0.2) is 0 Å². The third-order valence-electron chi connectivity index (χ3n) is 4.13. The van der Waals surface area contributed by atoms with Crippen molar-refractivity contribution >= 4 is 11.8 Å². The van der Waals surface area contributed by atoms with Gasteiger partial charge in [0.25, 0.3) is 0 Å². The summed E-state index contributed by atoms with van der Waals surface area (Å²) in [6.07, 6.45) is 7.06. The van der Waals surface area contributed by atoms with E-state index in [1.165, 1.54) is 41.1 Å². The Bertz CT molecular complexity index is 541. The van der Waals surface area contributed by atoms with Crippen LogP contribution in [0.5, 0.6) is 0 Å². The Kier molecular flexibility index (Phi) is 3.37. The Hall–Kier alpha value is -1.28. The van der Waals surface area contributed by atoms with Gasteiger partial charge in [-0.3, -0.25) is 0 Å². The maximum Gasteiger partial charge on any atom is 0.104 e. The summed E-state index contributed by atoms with van der Waals surface area (Å²) in [4.78, 5) is 0. The smallest absolute Gasteiger partial charge is 0.104 e. The van der Waals surface area contributed by atoms with Gasteiger partial charge < -0.3 is 10.1 Å². The number of fused-ring (bicyclic) bond motifs is 1. The standard InChI is InChI=1S/C16H21NO/c1-18-15-9-3-6-12-5-2-8-14(16(12)15)13-7-4-10-17-11-13/h2,5-6,8,13,17H,3-4,7,9-11H2,1H3. The fourth-order valence-corrected chi connectivity index (χ4v) is 3.23. The summed E-state index contributed by atoms with van der Waals surface area (Å²) in [6, 6.07) is 6.69. The molecule has 1 heterocycles. The van der Waals surface area contributed by atoms with E-state index in [-0.39, 0.29) is 0 Å². The Balaban J connectivity index is 2.16. The minimum absolute atomic E-state index is 0.644. The third kappa shape index (κ3) is 2.05. The van der Waals surface area contributed by atoms with Crippen molar-refractivity contribution in [2.24, 2.45) is 0 Å². The first-order valence-electron chi connectivity index (χ1n) is 6.97. The van der Waals surface area contributed by atoms with Crippen LogP contribution in [0.25, 0.3) is 11.8 Å². The van der Waals surface area contributed by atoms with Crippen LogP contribution in [0.15, 0.2) is 18.2 Å². The lowest BCUT2D eigenvalue weighted by molar-refractivity contribution is 0.347. The molecule has 1 N–H and O–H groups in total. The van der Waals surface area contributed by atoms with Crippen LogP contribution >= 0.6 is 0 Å². The van der Waals surface area contributed by atoms with E-state index >= 15 is 0 Å². The number of nitrogens with one attached hydrogen (secondary N) is 1. The van der Waals surface area contributed by atoms with Crippen LogP contribution in [0.1, 0.15) is 37.2 Å². The summed E-state index contributed by atoms with van der Waals surface area (Å²) in [5, 5.41) is 6.25. The maximum absolute atomic E-state index is 5.63. The van der Waals surface area contributed by atoms with Crippen molar-refractivity contribution in [3.05, 3.63) is 34.2 Å². The Labute approximate surface area is 108 Å². The van der Waals surface area contributed by atoms with Gasteiger partial charge in [0, 0.05) is 18.2 Å². The molecule has 0 amide bonds. The van der Waals surface area contributed by atoms with Gasteiger partial charge in [0.1, 0.15) is 5.76 Å². The van der Waals surface area contributed by atoms with Crippen LogP contribution in [0.2, 0.25) is 0 Å². The van der Waals surface area contributed by atoms with Crippen LogP contribution in [-0.4, -0.2) is 20.2 Å². The molecule has 0 spiro atoms. The van der Waals surface area contributed by atoms with Crippen LogP contribution in [0.3, 0.4) is 0 Å². The molecule has 2 nitrogen and oxygen atoms in total. The number of piperidine rings is 1. The summed E-state index contributed by atoms with van der Waals surface area (Å²) in [5.74, 6) is 1.82. The fourth-order valence-electron chi connectivity index (χ4n) is 3.23. The van der Waals surface area contributed by atoms with Gasteiger partial charge >= 0.3 is 0 Å². The molecule has 0 radical (unpaired) electrons.